The third kappa shape index (κ3) is 4.67. The quantitative estimate of drug-likeness (QED) is 0.816. The van der Waals surface area contributed by atoms with Crippen LogP contribution in [0.4, 0.5) is 5.95 Å². The van der Waals surface area contributed by atoms with Crippen LogP contribution in [0.5, 0.6) is 0 Å². The van der Waals surface area contributed by atoms with Gasteiger partial charge in [-0.3, -0.25) is 0 Å². The number of aromatic nitrogens is 2. The molecule has 1 unspecified atom stereocenters. The molecule has 1 N–H and O–H groups in total. The van der Waals surface area contributed by atoms with Crippen LogP contribution in [-0.2, 0) is 6.54 Å². The second kappa shape index (κ2) is 8.32. The Kier molecular flexibility index (Phi) is 6.43. The fourth-order valence-electron chi connectivity index (χ4n) is 2.98. The summed E-state index contributed by atoms with van der Waals surface area (Å²) in [7, 11) is 0. The molecule has 0 aromatic carbocycles. The second-order valence-electron chi connectivity index (χ2n) is 6.15. The Hall–Kier alpha value is -1.16. The van der Waals surface area contributed by atoms with E-state index in [-0.39, 0.29) is 0 Å². The Bertz CT molecular complexity index is 433. The fourth-order valence-corrected chi connectivity index (χ4v) is 2.98. The van der Waals surface area contributed by atoms with Gasteiger partial charge in [0.05, 0.1) is 0 Å². The Labute approximate surface area is 129 Å². The summed E-state index contributed by atoms with van der Waals surface area (Å²) in [4.78, 5) is 11.7. The zero-order chi connectivity index (χ0) is 15.1. The molecule has 1 aliphatic heterocycles. The fraction of sp³-hybridized carbons (Fsp3) is 0.765. The van der Waals surface area contributed by atoms with Crippen LogP contribution in [0, 0.1) is 12.8 Å². The van der Waals surface area contributed by atoms with Crippen molar-refractivity contribution in [1.29, 1.82) is 0 Å². The lowest BCUT2D eigenvalue weighted by Crippen LogP contribution is -2.27. The average Bonchev–Trinajstić information content (AvgIpc) is 2.74. The van der Waals surface area contributed by atoms with Gasteiger partial charge in [0, 0.05) is 37.1 Å². The lowest BCUT2D eigenvalue weighted by atomic mass is 9.98. The zero-order valence-electron chi connectivity index (χ0n) is 13.9. The Morgan fingerprint density at radius 2 is 2.14 bits per heavy atom. The van der Waals surface area contributed by atoms with Crippen molar-refractivity contribution in [2.24, 2.45) is 5.92 Å². The van der Waals surface area contributed by atoms with Gasteiger partial charge >= 0.3 is 0 Å². The summed E-state index contributed by atoms with van der Waals surface area (Å²) in [6.45, 7) is 10.7. The molecule has 0 bridgehead atoms. The van der Waals surface area contributed by atoms with Crippen LogP contribution in [0.2, 0.25) is 0 Å². The van der Waals surface area contributed by atoms with Gasteiger partial charge in [0.2, 0.25) is 5.95 Å². The molecule has 0 aliphatic carbocycles. The molecular weight excluding hydrogens is 260 g/mol. The molecule has 4 nitrogen and oxygen atoms in total. The van der Waals surface area contributed by atoms with Gasteiger partial charge in [0.1, 0.15) is 0 Å². The van der Waals surface area contributed by atoms with Crippen LogP contribution in [0.3, 0.4) is 0 Å². The van der Waals surface area contributed by atoms with E-state index in [9.17, 15) is 0 Å². The lowest BCUT2D eigenvalue weighted by Gasteiger charge is -2.21. The third-order valence-corrected chi connectivity index (χ3v) is 4.52. The van der Waals surface area contributed by atoms with Crippen molar-refractivity contribution >= 4 is 5.95 Å². The molecular formula is C17H30N4. The molecule has 21 heavy (non-hydrogen) atoms. The maximum atomic E-state index is 4.74. The van der Waals surface area contributed by atoms with Gasteiger partial charge in [-0.05, 0) is 45.1 Å². The largest absolute Gasteiger partial charge is 0.341 e. The molecule has 0 amide bonds. The maximum Gasteiger partial charge on any atom is 0.225 e. The summed E-state index contributed by atoms with van der Waals surface area (Å²) in [6, 6.07) is 0. The molecule has 2 rings (SSSR count). The molecule has 4 heteroatoms. The molecule has 0 saturated carbocycles. The number of rotatable bonds is 6. The van der Waals surface area contributed by atoms with Crippen LogP contribution >= 0.6 is 0 Å². The van der Waals surface area contributed by atoms with E-state index in [4.69, 9.17) is 4.98 Å². The number of nitrogens with one attached hydrogen (secondary N) is 1. The number of nitrogens with zero attached hydrogens (tertiary/aromatic N) is 3. The molecule has 1 saturated heterocycles. The van der Waals surface area contributed by atoms with E-state index in [1.807, 2.05) is 6.20 Å². The minimum atomic E-state index is 0.873. The minimum absolute atomic E-state index is 0.873. The number of hydrogen-bond acceptors (Lipinski definition) is 4. The zero-order valence-corrected chi connectivity index (χ0v) is 13.9. The normalized spacial score (nSPS) is 19.6. The van der Waals surface area contributed by atoms with Crippen LogP contribution in [0.1, 0.15) is 57.2 Å². The van der Waals surface area contributed by atoms with Crippen LogP contribution in [0.15, 0.2) is 6.20 Å². The summed E-state index contributed by atoms with van der Waals surface area (Å²) < 4.78 is 0. The molecule has 1 aromatic heterocycles. The number of hydrogen-bond donors (Lipinski definition) is 1. The predicted molar refractivity (Wildman–Crippen MR) is 88.6 cm³/mol. The lowest BCUT2D eigenvalue weighted by molar-refractivity contribution is 0.459. The first kappa shape index (κ1) is 16.2. The van der Waals surface area contributed by atoms with Gasteiger partial charge in [-0.15, -0.1) is 0 Å². The van der Waals surface area contributed by atoms with Crippen molar-refractivity contribution in [3.63, 3.8) is 0 Å². The minimum Gasteiger partial charge on any atom is -0.341 e. The van der Waals surface area contributed by atoms with Crippen molar-refractivity contribution < 1.29 is 0 Å². The first-order chi connectivity index (χ1) is 10.2. The van der Waals surface area contributed by atoms with Crippen molar-refractivity contribution in [2.75, 3.05) is 24.5 Å². The smallest absolute Gasteiger partial charge is 0.225 e. The van der Waals surface area contributed by atoms with Crippen molar-refractivity contribution in [1.82, 2.24) is 15.3 Å². The van der Waals surface area contributed by atoms with Crippen molar-refractivity contribution in [2.45, 2.75) is 59.4 Å². The monoisotopic (exact) mass is 290 g/mol. The summed E-state index contributed by atoms with van der Waals surface area (Å²) in [6.07, 6.45) is 8.35. The van der Waals surface area contributed by atoms with Crippen molar-refractivity contribution in [3.8, 4) is 0 Å². The van der Waals surface area contributed by atoms with E-state index < -0.39 is 0 Å². The molecule has 0 spiro atoms. The predicted octanol–water partition coefficient (Wildman–Crippen LogP) is 3.30. The first-order valence-corrected chi connectivity index (χ1v) is 8.52. The SMILES string of the molecule is CCCNCc1cnc(N2CCCC(CC)CC2)nc1C. The molecule has 1 atom stereocenters. The molecule has 0 radical (unpaired) electrons. The topological polar surface area (TPSA) is 41.1 Å². The van der Waals surface area contributed by atoms with Crippen molar-refractivity contribution in [3.05, 3.63) is 17.5 Å². The van der Waals surface area contributed by atoms with E-state index >= 15 is 0 Å². The summed E-state index contributed by atoms with van der Waals surface area (Å²) in [5.74, 6) is 1.80. The molecule has 2 heterocycles. The summed E-state index contributed by atoms with van der Waals surface area (Å²) in [5.41, 5.74) is 2.33. The Morgan fingerprint density at radius 3 is 2.86 bits per heavy atom. The van der Waals surface area contributed by atoms with Crippen LogP contribution in [-0.4, -0.2) is 29.6 Å². The molecule has 1 aromatic rings. The van der Waals surface area contributed by atoms with Crippen LogP contribution < -0.4 is 10.2 Å². The van der Waals surface area contributed by atoms with E-state index in [0.717, 1.165) is 50.2 Å². The van der Waals surface area contributed by atoms with E-state index in [1.165, 1.54) is 31.2 Å². The highest BCUT2D eigenvalue weighted by Gasteiger charge is 2.18. The first-order valence-electron chi connectivity index (χ1n) is 8.52. The molecule has 1 fully saturated rings. The Morgan fingerprint density at radius 1 is 1.29 bits per heavy atom. The Balaban J connectivity index is 1.98. The highest BCUT2D eigenvalue weighted by atomic mass is 15.2. The second-order valence-corrected chi connectivity index (χ2v) is 6.15. The van der Waals surface area contributed by atoms with E-state index in [2.05, 4.69) is 36.0 Å². The van der Waals surface area contributed by atoms with Gasteiger partial charge in [-0.2, -0.15) is 0 Å². The van der Waals surface area contributed by atoms with Gasteiger partial charge in [-0.25, -0.2) is 9.97 Å². The van der Waals surface area contributed by atoms with Gasteiger partial charge in [0.25, 0.3) is 0 Å². The average molecular weight is 290 g/mol. The van der Waals surface area contributed by atoms with E-state index in [1.54, 1.807) is 0 Å². The summed E-state index contributed by atoms with van der Waals surface area (Å²) >= 11 is 0. The highest BCUT2D eigenvalue weighted by Crippen LogP contribution is 2.22. The van der Waals surface area contributed by atoms with Gasteiger partial charge in [-0.1, -0.05) is 20.3 Å². The van der Waals surface area contributed by atoms with Gasteiger partial charge < -0.3 is 10.2 Å². The maximum absolute atomic E-state index is 4.74. The molecule has 1 aliphatic rings. The van der Waals surface area contributed by atoms with E-state index in [0.29, 0.717) is 0 Å². The number of aryl methyl sites for hydroxylation is 1. The number of anilines is 1. The standard InChI is InChI=1S/C17H30N4/c1-4-9-18-12-16-13-19-17(20-14(16)3)21-10-6-7-15(5-2)8-11-21/h13,15,18H,4-12H2,1-3H3. The third-order valence-electron chi connectivity index (χ3n) is 4.52. The van der Waals surface area contributed by atoms with Crippen LogP contribution in [0.25, 0.3) is 0 Å². The molecule has 118 valence electrons. The highest BCUT2D eigenvalue weighted by molar-refractivity contribution is 5.33. The summed E-state index contributed by atoms with van der Waals surface area (Å²) in [5, 5.41) is 3.42. The van der Waals surface area contributed by atoms with Gasteiger partial charge in [0.15, 0.2) is 0 Å².